The lowest BCUT2D eigenvalue weighted by atomic mass is 10.0. The predicted molar refractivity (Wildman–Crippen MR) is 77.6 cm³/mol. The zero-order valence-electron chi connectivity index (χ0n) is 11.7. The highest BCUT2D eigenvalue weighted by Gasteiger charge is 2.32. The van der Waals surface area contributed by atoms with Crippen molar-refractivity contribution in [3.05, 3.63) is 22.4 Å². The first-order valence-corrected chi connectivity index (χ1v) is 7.68. The van der Waals surface area contributed by atoms with Crippen molar-refractivity contribution < 1.29 is 14.7 Å². The summed E-state index contributed by atoms with van der Waals surface area (Å²) in [5.41, 5.74) is 0. The first-order chi connectivity index (χ1) is 9.49. The van der Waals surface area contributed by atoms with E-state index in [-0.39, 0.29) is 17.7 Å². The molecule has 0 saturated carbocycles. The van der Waals surface area contributed by atoms with E-state index in [1.54, 1.807) is 11.0 Å². The number of amides is 2. The molecular weight excluding hydrogens is 276 g/mol. The summed E-state index contributed by atoms with van der Waals surface area (Å²) in [6.07, 6.45) is 0.162. The van der Waals surface area contributed by atoms with Crippen LogP contribution in [0.3, 0.4) is 0 Å². The van der Waals surface area contributed by atoms with Gasteiger partial charge in [-0.05, 0) is 23.8 Å². The van der Waals surface area contributed by atoms with Crippen LogP contribution in [-0.2, 0) is 4.79 Å². The van der Waals surface area contributed by atoms with Crippen LogP contribution < -0.4 is 5.32 Å². The number of nitrogens with zero attached hydrogens (tertiary/aromatic N) is 1. The molecule has 0 spiro atoms. The van der Waals surface area contributed by atoms with E-state index in [1.165, 1.54) is 11.3 Å². The second-order valence-electron chi connectivity index (χ2n) is 5.40. The zero-order chi connectivity index (χ0) is 14.7. The molecule has 5 nitrogen and oxygen atoms in total. The molecule has 1 unspecified atom stereocenters. The fourth-order valence-corrected chi connectivity index (χ4v) is 2.90. The van der Waals surface area contributed by atoms with Crippen molar-refractivity contribution in [3.63, 3.8) is 0 Å². The Bertz CT molecular complexity index is 473. The summed E-state index contributed by atoms with van der Waals surface area (Å²) in [5, 5.41) is 14.2. The summed E-state index contributed by atoms with van der Waals surface area (Å²) in [5.74, 6) is -0.322. The standard InChI is InChI=1S/C14H20N2O3S/c1-9(2)12(14(19)16-6-5-10(17)8-16)15-13(18)11-4-3-7-20-11/h3-4,7,9-10,12,17H,5-6,8H2,1-2H3,(H,15,18)/t10-,12?/m1/s1. The minimum atomic E-state index is -0.546. The van der Waals surface area contributed by atoms with Crippen LogP contribution in [-0.4, -0.2) is 47.1 Å². The molecule has 1 aromatic heterocycles. The Morgan fingerprint density at radius 1 is 1.50 bits per heavy atom. The van der Waals surface area contributed by atoms with Crippen LogP contribution in [0.4, 0.5) is 0 Å². The lowest BCUT2D eigenvalue weighted by molar-refractivity contribution is -0.133. The van der Waals surface area contributed by atoms with Crippen LogP contribution in [0.1, 0.15) is 29.9 Å². The quantitative estimate of drug-likeness (QED) is 0.874. The topological polar surface area (TPSA) is 69.6 Å². The number of β-amino-alcohol motifs (C(OH)–C–C–N with tert-alkyl or cyclic N) is 1. The number of aliphatic hydroxyl groups excluding tert-OH is 1. The van der Waals surface area contributed by atoms with Crippen molar-refractivity contribution in [2.24, 2.45) is 5.92 Å². The molecule has 20 heavy (non-hydrogen) atoms. The Kier molecular flexibility index (Phi) is 4.77. The average Bonchev–Trinajstić information content (AvgIpc) is 3.05. The summed E-state index contributed by atoms with van der Waals surface area (Å²) in [7, 11) is 0. The van der Waals surface area contributed by atoms with Crippen molar-refractivity contribution in [1.29, 1.82) is 0 Å². The number of likely N-dealkylation sites (tertiary alicyclic amines) is 1. The summed E-state index contributed by atoms with van der Waals surface area (Å²) >= 11 is 1.35. The van der Waals surface area contributed by atoms with Gasteiger partial charge in [-0.3, -0.25) is 9.59 Å². The van der Waals surface area contributed by atoms with Gasteiger partial charge >= 0.3 is 0 Å². The van der Waals surface area contributed by atoms with Crippen LogP contribution in [0.15, 0.2) is 17.5 Å². The lowest BCUT2D eigenvalue weighted by Crippen LogP contribution is -2.50. The highest BCUT2D eigenvalue weighted by molar-refractivity contribution is 7.12. The Morgan fingerprint density at radius 2 is 2.25 bits per heavy atom. The summed E-state index contributed by atoms with van der Waals surface area (Å²) in [4.78, 5) is 26.8. The van der Waals surface area contributed by atoms with E-state index in [1.807, 2.05) is 25.3 Å². The van der Waals surface area contributed by atoms with E-state index < -0.39 is 12.1 Å². The maximum atomic E-state index is 12.4. The first kappa shape index (κ1) is 15.0. The normalized spacial score (nSPS) is 20.2. The molecule has 0 radical (unpaired) electrons. The molecule has 0 aliphatic carbocycles. The van der Waals surface area contributed by atoms with Crippen molar-refractivity contribution in [3.8, 4) is 0 Å². The molecule has 1 saturated heterocycles. The van der Waals surface area contributed by atoms with Crippen LogP contribution in [0.2, 0.25) is 0 Å². The van der Waals surface area contributed by atoms with Crippen molar-refractivity contribution >= 4 is 23.2 Å². The molecule has 110 valence electrons. The molecule has 2 N–H and O–H groups in total. The maximum Gasteiger partial charge on any atom is 0.262 e. The molecule has 2 atom stereocenters. The van der Waals surface area contributed by atoms with Gasteiger partial charge in [-0.15, -0.1) is 11.3 Å². The van der Waals surface area contributed by atoms with Gasteiger partial charge in [0, 0.05) is 13.1 Å². The molecule has 0 aromatic carbocycles. The van der Waals surface area contributed by atoms with Gasteiger partial charge in [-0.25, -0.2) is 0 Å². The van der Waals surface area contributed by atoms with Crippen LogP contribution >= 0.6 is 11.3 Å². The molecule has 1 fully saturated rings. The van der Waals surface area contributed by atoms with Gasteiger partial charge in [0.15, 0.2) is 0 Å². The van der Waals surface area contributed by atoms with Crippen LogP contribution in [0.5, 0.6) is 0 Å². The van der Waals surface area contributed by atoms with Crippen molar-refractivity contribution in [1.82, 2.24) is 10.2 Å². The monoisotopic (exact) mass is 296 g/mol. The number of carbonyl (C=O) groups excluding carboxylic acids is 2. The number of hydrogen-bond donors (Lipinski definition) is 2. The highest BCUT2D eigenvalue weighted by atomic mass is 32.1. The van der Waals surface area contributed by atoms with E-state index in [4.69, 9.17) is 0 Å². The van der Waals surface area contributed by atoms with Gasteiger partial charge in [0.05, 0.1) is 11.0 Å². The Labute approximate surface area is 122 Å². The van der Waals surface area contributed by atoms with Crippen molar-refractivity contribution in [2.75, 3.05) is 13.1 Å². The average molecular weight is 296 g/mol. The van der Waals surface area contributed by atoms with E-state index in [0.717, 1.165) is 0 Å². The van der Waals surface area contributed by atoms with E-state index in [0.29, 0.717) is 24.4 Å². The number of hydrogen-bond acceptors (Lipinski definition) is 4. The third-order valence-electron chi connectivity index (χ3n) is 3.44. The van der Waals surface area contributed by atoms with Crippen LogP contribution in [0, 0.1) is 5.92 Å². The SMILES string of the molecule is CC(C)C(NC(=O)c1cccs1)C(=O)N1CC[C@@H](O)C1. The number of rotatable bonds is 4. The van der Waals surface area contributed by atoms with Gasteiger partial charge in [0.25, 0.3) is 5.91 Å². The second kappa shape index (κ2) is 6.37. The molecule has 2 amide bonds. The third kappa shape index (κ3) is 3.37. The Hall–Kier alpha value is -1.40. The molecule has 0 bridgehead atoms. The molecule has 1 aliphatic heterocycles. The molecule has 6 heteroatoms. The smallest absolute Gasteiger partial charge is 0.262 e. The fourth-order valence-electron chi connectivity index (χ4n) is 2.27. The van der Waals surface area contributed by atoms with Gasteiger partial charge in [-0.1, -0.05) is 19.9 Å². The fraction of sp³-hybridized carbons (Fsp3) is 0.571. The number of nitrogens with one attached hydrogen (secondary N) is 1. The predicted octanol–water partition coefficient (Wildman–Crippen LogP) is 1.10. The Morgan fingerprint density at radius 3 is 2.75 bits per heavy atom. The minimum Gasteiger partial charge on any atom is -0.391 e. The van der Waals surface area contributed by atoms with Gasteiger partial charge in [0.2, 0.25) is 5.91 Å². The first-order valence-electron chi connectivity index (χ1n) is 6.80. The van der Waals surface area contributed by atoms with E-state index in [9.17, 15) is 14.7 Å². The molecule has 1 aliphatic rings. The van der Waals surface area contributed by atoms with E-state index >= 15 is 0 Å². The highest BCUT2D eigenvalue weighted by Crippen LogP contribution is 2.15. The molecular formula is C14H20N2O3S. The van der Waals surface area contributed by atoms with E-state index in [2.05, 4.69) is 5.32 Å². The van der Waals surface area contributed by atoms with Crippen LogP contribution in [0.25, 0.3) is 0 Å². The van der Waals surface area contributed by atoms with Gasteiger partial charge in [-0.2, -0.15) is 0 Å². The number of carbonyl (C=O) groups is 2. The number of thiophene rings is 1. The Balaban J connectivity index is 2.03. The maximum absolute atomic E-state index is 12.4. The molecule has 2 rings (SSSR count). The summed E-state index contributed by atoms with van der Waals surface area (Å²) in [6, 6.07) is 3.00. The van der Waals surface area contributed by atoms with Gasteiger partial charge < -0.3 is 15.3 Å². The zero-order valence-corrected chi connectivity index (χ0v) is 12.5. The third-order valence-corrected chi connectivity index (χ3v) is 4.31. The molecule has 2 heterocycles. The summed E-state index contributed by atoms with van der Waals surface area (Å²) in [6.45, 7) is 4.72. The van der Waals surface area contributed by atoms with Crippen molar-refractivity contribution in [2.45, 2.75) is 32.4 Å². The largest absolute Gasteiger partial charge is 0.391 e. The minimum absolute atomic E-state index is 0.00385. The van der Waals surface area contributed by atoms with Gasteiger partial charge in [0.1, 0.15) is 6.04 Å². The molecule has 1 aromatic rings. The summed E-state index contributed by atoms with van der Waals surface area (Å²) < 4.78 is 0. The lowest BCUT2D eigenvalue weighted by Gasteiger charge is -2.26. The second-order valence-corrected chi connectivity index (χ2v) is 6.35. The number of aliphatic hydroxyl groups is 1.